The summed E-state index contributed by atoms with van der Waals surface area (Å²) in [5.74, 6) is 1.39. The number of ether oxygens (including phenoxy) is 1. The second-order valence-electron chi connectivity index (χ2n) is 5.53. The SMILES string of the molecule is COc1ccc(C2CCCN2c2ccc([N+](=O)[O-])c(C#N)n2)cc1. The predicted molar refractivity (Wildman–Crippen MR) is 87.9 cm³/mol. The number of rotatable bonds is 4. The number of anilines is 1. The van der Waals surface area contributed by atoms with E-state index in [1.165, 1.54) is 6.07 Å². The van der Waals surface area contributed by atoms with E-state index < -0.39 is 4.92 Å². The summed E-state index contributed by atoms with van der Waals surface area (Å²) in [6.07, 6.45) is 1.96. The third-order valence-corrected chi connectivity index (χ3v) is 4.21. The Morgan fingerprint density at radius 2 is 2.08 bits per heavy atom. The molecule has 24 heavy (non-hydrogen) atoms. The van der Waals surface area contributed by atoms with Gasteiger partial charge in [-0.3, -0.25) is 10.1 Å². The van der Waals surface area contributed by atoms with Gasteiger partial charge in [0.1, 0.15) is 17.6 Å². The minimum Gasteiger partial charge on any atom is -0.497 e. The molecule has 1 saturated heterocycles. The molecular formula is C17H16N4O3. The van der Waals surface area contributed by atoms with E-state index in [1.54, 1.807) is 13.2 Å². The predicted octanol–water partition coefficient (Wildman–Crippen LogP) is 3.21. The highest BCUT2D eigenvalue weighted by Gasteiger charge is 2.28. The van der Waals surface area contributed by atoms with Crippen LogP contribution in [0.1, 0.15) is 30.1 Å². The van der Waals surface area contributed by atoms with Gasteiger partial charge in [0.05, 0.1) is 18.1 Å². The summed E-state index contributed by atoms with van der Waals surface area (Å²) in [6, 6.07) is 12.8. The van der Waals surface area contributed by atoms with Crippen molar-refractivity contribution in [2.75, 3.05) is 18.6 Å². The molecule has 0 bridgehead atoms. The first-order valence-electron chi connectivity index (χ1n) is 7.60. The van der Waals surface area contributed by atoms with E-state index in [9.17, 15) is 10.1 Å². The smallest absolute Gasteiger partial charge is 0.305 e. The molecule has 0 aliphatic carbocycles. The lowest BCUT2D eigenvalue weighted by Gasteiger charge is -2.26. The Kier molecular flexibility index (Phi) is 4.29. The summed E-state index contributed by atoms with van der Waals surface area (Å²) in [4.78, 5) is 16.7. The third-order valence-electron chi connectivity index (χ3n) is 4.21. The number of hydrogen-bond donors (Lipinski definition) is 0. The van der Waals surface area contributed by atoms with Crippen LogP contribution in [0.15, 0.2) is 36.4 Å². The zero-order valence-electron chi connectivity index (χ0n) is 13.2. The number of pyridine rings is 1. The largest absolute Gasteiger partial charge is 0.497 e. The van der Waals surface area contributed by atoms with Crippen molar-refractivity contribution in [3.63, 3.8) is 0 Å². The Morgan fingerprint density at radius 3 is 2.71 bits per heavy atom. The number of hydrogen-bond acceptors (Lipinski definition) is 6. The van der Waals surface area contributed by atoms with E-state index in [-0.39, 0.29) is 17.4 Å². The van der Waals surface area contributed by atoms with Gasteiger partial charge < -0.3 is 9.64 Å². The van der Waals surface area contributed by atoms with Crippen molar-refractivity contribution in [2.45, 2.75) is 18.9 Å². The van der Waals surface area contributed by atoms with E-state index in [2.05, 4.69) is 9.88 Å². The molecule has 1 aromatic carbocycles. The van der Waals surface area contributed by atoms with Crippen molar-refractivity contribution >= 4 is 11.5 Å². The first-order valence-corrected chi connectivity index (χ1v) is 7.60. The topological polar surface area (TPSA) is 92.3 Å². The first-order chi connectivity index (χ1) is 11.6. The molecule has 7 heteroatoms. The molecule has 1 aromatic heterocycles. The molecule has 0 saturated carbocycles. The second-order valence-corrected chi connectivity index (χ2v) is 5.53. The van der Waals surface area contributed by atoms with Gasteiger partial charge in [-0.15, -0.1) is 0 Å². The van der Waals surface area contributed by atoms with Crippen molar-refractivity contribution in [1.29, 1.82) is 5.26 Å². The van der Waals surface area contributed by atoms with Crippen molar-refractivity contribution in [3.8, 4) is 11.8 Å². The fraction of sp³-hybridized carbons (Fsp3) is 0.294. The Morgan fingerprint density at radius 1 is 1.33 bits per heavy atom. The number of benzene rings is 1. The van der Waals surface area contributed by atoms with Crippen LogP contribution in [0.25, 0.3) is 0 Å². The van der Waals surface area contributed by atoms with Crippen LogP contribution in [0, 0.1) is 21.4 Å². The van der Waals surface area contributed by atoms with Crippen LogP contribution in [-0.4, -0.2) is 23.6 Å². The lowest BCUT2D eigenvalue weighted by atomic mass is 10.0. The minimum absolute atomic E-state index is 0.136. The summed E-state index contributed by atoms with van der Waals surface area (Å²) >= 11 is 0. The summed E-state index contributed by atoms with van der Waals surface area (Å²) in [5.41, 5.74) is 0.714. The Labute approximate surface area is 139 Å². The average Bonchev–Trinajstić information content (AvgIpc) is 3.10. The van der Waals surface area contributed by atoms with E-state index in [1.807, 2.05) is 30.3 Å². The molecule has 1 aliphatic heterocycles. The number of nitro groups is 1. The highest BCUT2D eigenvalue weighted by molar-refractivity contribution is 5.53. The van der Waals surface area contributed by atoms with Gasteiger partial charge in [0.25, 0.3) is 0 Å². The molecule has 3 rings (SSSR count). The highest BCUT2D eigenvalue weighted by atomic mass is 16.6. The Bertz CT molecular complexity index is 798. The van der Waals surface area contributed by atoms with E-state index >= 15 is 0 Å². The third kappa shape index (κ3) is 2.86. The van der Waals surface area contributed by atoms with E-state index in [4.69, 9.17) is 10.00 Å². The fourth-order valence-electron chi connectivity index (χ4n) is 3.04. The number of nitriles is 1. The van der Waals surface area contributed by atoms with Crippen molar-refractivity contribution in [3.05, 3.63) is 57.8 Å². The number of nitrogens with zero attached hydrogens (tertiary/aromatic N) is 4. The zero-order chi connectivity index (χ0) is 17.1. The quantitative estimate of drug-likeness (QED) is 0.633. The lowest BCUT2D eigenvalue weighted by molar-refractivity contribution is -0.385. The van der Waals surface area contributed by atoms with Crippen LogP contribution in [0.3, 0.4) is 0 Å². The Hall–Kier alpha value is -3.14. The average molecular weight is 324 g/mol. The van der Waals surface area contributed by atoms with Crippen LogP contribution in [0.2, 0.25) is 0 Å². The molecular weight excluding hydrogens is 308 g/mol. The van der Waals surface area contributed by atoms with Crippen LogP contribution in [-0.2, 0) is 0 Å². The molecule has 1 fully saturated rings. The lowest BCUT2D eigenvalue weighted by Crippen LogP contribution is -2.23. The maximum absolute atomic E-state index is 10.9. The molecule has 1 unspecified atom stereocenters. The van der Waals surface area contributed by atoms with Crippen molar-refractivity contribution < 1.29 is 9.66 Å². The van der Waals surface area contributed by atoms with Gasteiger partial charge in [0.15, 0.2) is 0 Å². The summed E-state index contributed by atoms with van der Waals surface area (Å²) in [5, 5.41) is 20.1. The molecule has 0 amide bonds. The van der Waals surface area contributed by atoms with Crippen LogP contribution >= 0.6 is 0 Å². The molecule has 122 valence electrons. The molecule has 7 nitrogen and oxygen atoms in total. The summed E-state index contributed by atoms with van der Waals surface area (Å²) in [6.45, 7) is 0.798. The van der Waals surface area contributed by atoms with Crippen molar-refractivity contribution in [1.82, 2.24) is 4.98 Å². The van der Waals surface area contributed by atoms with Gasteiger partial charge in [0, 0.05) is 12.6 Å². The van der Waals surface area contributed by atoms with Gasteiger partial charge in [-0.05, 0) is 36.6 Å². The van der Waals surface area contributed by atoms with Gasteiger partial charge in [-0.25, -0.2) is 4.98 Å². The first kappa shape index (κ1) is 15.7. The molecule has 1 atom stereocenters. The summed E-state index contributed by atoms with van der Waals surface area (Å²) < 4.78 is 5.18. The van der Waals surface area contributed by atoms with E-state index in [0.29, 0.717) is 5.82 Å². The number of methoxy groups -OCH3 is 1. The monoisotopic (exact) mass is 324 g/mol. The van der Waals surface area contributed by atoms with Crippen LogP contribution in [0.5, 0.6) is 5.75 Å². The molecule has 2 heterocycles. The van der Waals surface area contributed by atoms with Gasteiger partial charge in [-0.2, -0.15) is 5.26 Å². The van der Waals surface area contributed by atoms with Crippen LogP contribution in [0.4, 0.5) is 11.5 Å². The fourth-order valence-corrected chi connectivity index (χ4v) is 3.04. The maximum Gasteiger partial charge on any atom is 0.305 e. The zero-order valence-corrected chi connectivity index (χ0v) is 13.2. The van der Waals surface area contributed by atoms with Crippen LogP contribution < -0.4 is 9.64 Å². The van der Waals surface area contributed by atoms with Gasteiger partial charge in [0.2, 0.25) is 5.69 Å². The highest BCUT2D eigenvalue weighted by Crippen LogP contribution is 2.36. The summed E-state index contributed by atoms with van der Waals surface area (Å²) in [7, 11) is 1.63. The van der Waals surface area contributed by atoms with Gasteiger partial charge >= 0.3 is 5.69 Å². The van der Waals surface area contributed by atoms with Crippen molar-refractivity contribution in [2.24, 2.45) is 0 Å². The Balaban J connectivity index is 1.93. The molecule has 0 spiro atoms. The molecule has 2 aromatic rings. The normalized spacial score (nSPS) is 16.7. The minimum atomic E-state index is -0.583. The van der Waals surface area contributed by atoms with E-state index in [0.717, 1.165) is 30.7 Å². The maximum atomic E-state index is 10.9. The molecule has 1 aliphatic rings. The molecule has 0 radical (unpaired) electrons. The number of aromatic nitrogens is 1. The molecule has 0 N–H and O–H groups in total. The second kappa shape index (κ2) is 6.54. The van der Waals surface area contributed by atoms with Gasteiger partial charge in [-0.1, -0.05) is 12.1 Å². The standard InChI is InChI=1S/C17H16N4O3/c1-24-13-6-4-12(5-7-13)15-3-2-10-20(15)17-9-8-16(21(22)23)14(11-18)19-17/h4-9,15H,2-3,10H2,1H3.